The van der Waals surface area contributed by atoms with Crippen LogP contribution in [0.5, 0.6) is 0 Å². The number of nitrogens with zero attached hydrogens (tertiary/aromatic N) is 4. The molecule has 0 saturated carbocycles. The summed E-state index contributed by atoms with van der Waals surface area (Å²) >= 11 is 0. The first-order valence-electron chi connectivity index (χ1n) is 7.74. The van der Waals surface area contributed by atoms with Crippen LogP contribution in [0, 0.1) is 6.92 Å². The quantitative estimate of drug-likeness (QED) is 0.631. The molecule has 0 atom stereocenters. The number of aromatic nitrogens is 4. The first-order chi connectivity index (χ1) is 11.6. The second-order valence-electron chi connectivity index (χ2n) is 5.89. The number of aryl methyl sites for hydroxylation is 2. The van der Waals surface area contributed by atoms with E-state index in [-0.39, 0.29) is 5.91 Å². The van der Waals surface area contributed by atoms with Crippen LogP contribution >= 0.6 is 0 Å². The largest absolute Gasteiger partial charge is 0.345 e. The van der Waals surface area contributed by atoms with Gasteiger partial charge in [-0.1, -0.05) is 11.6 Å². The maximum absolute atomic E-state index is 12.6. The van der Waals surface area contributed by atoms with E-state index in [2.05, 4.69) is 27.4 Å². The van der Waals surface area contributed by atoms with Crippen LogP contribution in [-0.4, -0.2) is 24.8 Å². The highest BCUT2D eigenvalue weighted by Crippen LogP contribution is 2.20. The fourth-order valence-electron chi connectivity index (χ4n) is 2.97. The van der Waals surface area contributed by atoms with Gasteiger partial charge in [-0.05, 0) is 25.1 Å². The Kier molecular flexibility index (Phi) is 3.30. The van der Waals surface area contributed by atoms with Crippen LogP contribution in [-0.2, 0) is 13.6 Å². The van der Waals surface area contributed by atoms with Crippen molar-refractivity contribution < 1.29 is 4.79 Å². The molecule has 1 aromatic carbocycles. The Morgan fingerprint density at radius 3 is 3.00 bits per heavy atom. The summed E-state index contributed by atoms with van der Waals surface area (Å²) < 4.78 is 3.83. The summed E-state index contributed by atoms with van der Waals surface area (Å²) in [6.45, 7) is 2.45. The van der Waals surface area contributed by atoms with Crippen molar-refractivity contribution in [1.82, 2.24) is 24.3 Å². The lowest BCUT2D eigenvalue weighted by molar-refractivity contribution is 0.0942. The fraction of sp³-hybridized carbons (Fsp3) is 0.167. The smallest absolute Gasteiger partial charge is 0.268 e. The highest BCUT2D eigenvalue weighted by molar-refractivity contribution is 5.98. The number of imidazole rings is 1. The van der Waals surface area contributed by atoms with Gasteiger partial charge in [0, 0.05) is 30.3 Å². The van der Waals surface area contributed by atoms with Crippen molar-refractivity contribution in [2.24, 2.45) is 7.05 Å². The van der Waals surface area contributed by atoms with E-state index in [1.54, 1.807) is 18.6 Å². The number of rotatable bonds is 3. The van der Waals surface area contributed by atoms with E-state index < -0.39 is 0 Å². The van der Waals surface area contributed by atoms with Crippen molar-refractivity contribution in [2.75, 3.05) is 0 Å². The Labute approximate surface area is 138 Å². The van der Waals surface area contributed by atoms with Crippen molar-refractivity contribution in [3.8, 4) is 0 Å². The summed E-state index contributed by atoms with van der Waals surface area (Å²) in [5.74, 6) is -0.102. The van der Waals surface area contributed by atoms with Gasteiger partial charge < -0.3 is 9.88 Å². The third kappa shape index (κ3) is 2.32. The standard InChI is InChI=1S/C18H17N5O/c1-12-3-4-15-13(7-12)8-16(22(15)2)18(24)21-10-14-9-20-17-11-19-5-6-23(14)17/h3-9,11H,10H2,1-2H3,(H,21,24). The lowest BCUT2D eigenvalue weighted by Crippen LogP contribution is -2.25. The topological polar surface area (TPSA) is 64.2 Å². The Morgan fingerprint density at radius 2 is 2.12 bits per heavy atom. The Morgan fingerprint density at radius 1 is 1.25 bits per heavy atom. The molecule has 3 aromatic heterocycles. The number of amides is 1. The van der Waals surface area contributed by atoms with Crippen molar-refractivity contribution in [3.05, 3.63) is 66.0 Å². The van der Waals surface area contributed by atoms with E-state index in [1.165, 1.54) is 5.56 Å². The van der Waals surface area contributed by atoms with Crippen LogP contribution < -0.4 is 5.32 Å². The number of carbonyl (C=O) groups excluding carboxylic acids is 1. The van der Waals surface area contributed by atoms with Crippen LogP contribution in [0.3, 0.4) is 0 Å². The van der Waals surface area contributed by atoms with E-state index in [4.69, 9.17) is 0 Å². The van der Waals surface area contributed by atoms with E-state index in [0.29, 0.717) is 12.2 Å². The Balaban J connectivity index is 1.59. The van der Waals surface area contributed by atoms with Gasteiger partial charge in [0.25, 0.3) is 5.91 Å². The summed E-state index contributed by atoms with van der Waals surface area (Å²) in [4.78, 5) is 20.9. The van der Waals surface area contributed by atoms with Gasteiger partial charge in [-0.15, -0.1) is 0 Å². The summed E-state index contributed by atoms with van der Waals surface area (Å²) in [5, 5.41) is 4.04. The molecular formula is C18H17N5O. The first-order valence-corrected chi connectivity index (χ1v) is 7.74. The Hall–Kier alpha value is -3.15. The zero-order chi connectivity index (χ0) is 16.7. The molecule has 0 unspecified atom stereocenters. The van der Waals surface area contributed by atoms with Crippen LogP contribution in [0.25, 0.3) is 16.6 Å². The molecule has 0 spiro atoms. The molecule has 0 fully saturated rings. The van der Waals surface area contributed by atoms with E-state index >= 15 is 0 Å². The molecule has 0 aliphatic carbocycles. The van der Waals surface area contributed by atoms with E-state index in [0.717, 1.165) is 22.2 Å². The molecule has 3 heterocycles. The third-order valence-corrected chi connectivity index (χ3v) is 4.25. The minimum absolute atomic E-state index is 0.102. The van der Waals surface area contributed by atoms with Crippen LogP contribution in [0.1, 0.15) is 21.7 Å². The molecule has 24 heavy (non-hydrogen) atoms. The summed E-state index contributed by atoms with van der Waals surface area (Å²) in [7, 11) is 1.91. The van der Waals surface area contributed by atoms with Gasteiger partial charge in [0.15, 0.2) is 5.65 Å². The minimum Gasteiger partial charge on any atom is -0.345 e. The number of carbonyl (C=O) groups is 1. The monoisotopic (exact) mass is 319 g/mol. The first kappa shape index (κ1) is 14.4. The molecule has 6 nitrogen and oxygen atoms in total. The number of fused-ring (bicyclic) bond motifs is 2. The molecule has 1 amide bonds. The maximum Gasteiger partial charge on any atom is 0.268 e. The number of hydrogen-bond donors (Lipinski definition) is 1. The highest BCUT2D eigenvalue weighted by Gasteiger charge is 2.14. The van der Waals surface area contributed by atoms with Crippen LogP contribution in [0.4, 0.5) is 0 Å². The molecule has 1 N–H and O–H groups in total. The van der Waals surface area contributed by atoms with Crippen LogP contribution in [0.2, 0.25) is 0 Å². The van der Waals surface area contributed by atoms with Crippen molar-refractivity contribution in [2.45, 2.75) is 13.5 Å². The maximum atomic E-state index is 12.6. The molecule has 0 aliphatic rings. The van der Waals surface area contributed by atoms with Gasteiger partial charge >= 0.3 is 0 Å². The molecule has 6 heteroatoms. The Bertz CT molecular complexity index is 1060. The summed E-state index contributed by atoms with van der Waals surface area (Å²) in [5.41, 5.74) is 4.55. The lowest BCUT2D eigenvalue weighted by atomic mass is 10.2. The highest BCUT2D eigenvalue weighted by atomic mass is 16.1. The molecule has 4 rings (SSSR count). The van der Waals surface area contributed by atoms with Gasteiger partial charge in [0.05, 0.1) is 24.6 Å². The molecule has 0 aliphatic heterocycles. The molecule has 120 valence electrons. The van der Waals surface area contributed by atoms with Gasteiger partial charge in [-0.25, -0.2) is 4.98 Å². The van der Waals surface area contributed by atoms with Gasteiger partial charge in [0.2, 0.25) is 0 Å². The van der Waals surface area contributed by atoms with Gasteiger partial charge in [-0.3, -0.25) is 14.2 Å². The second kappa shape index (κ2) is 5.49. The molecular weight excluding hydrogens is 302 g/mol. The van der Waals surface area contributed by atoms with Crippen molar-refractivity contribution >= 4 is 22.5 Å². The predicted octanol–water partition coefficient (Wildman–Crippen LogP) is 2.46. The van der Waals surface area contributed by atoms with Crippen molar-refractivity contribution in [3.63, 3.8) is 0 Å². The average Bonchev–Trinajstić information content (AvgIpc) is 3.14. The molecule has 0 radical (unpaired) electrons. The normalized spacial score (nSPS) is 11.2. The van der Waals surface area contributed by atoms with Gasteiger partial charge in [0.1, 0.15) is 5.69 Å². The summed E-state index contributed by atoms with van der Waals surface area (Å²) in [6, 6.07) is 8.11. The number of benzene rings is 1. The predicted molar refractivity (Wildman–Crippen MR) is 91.8 cm³/mol. The number of nitrogens with one attached hydrogen (secondary N) is 1. The molecule has 0 saturated heterocycles. The third-order valence-electron chi connectivity index (χ3n) is 4.25. The van der Waals surface area contributed by atoms with E-state index in [1.807, 2.05) is 41.3 Å². The zero-order valence-corrected chi connectivity index (χ0v) is 13.5. The average molecular weight is 319 g/mol. The molecule has 0 bridgehead atoms. The van der Waals surface area contributed by atoms with Crippen LogP contribution in [0.15, 0.2) is 49.1 Å². The lowest BCUT2D eigenvalue weighted by Gasteiger charge is -2.06. The molecule has 4 aromatic rings. The fourth-order valence-corrected chi connectivity index (χ4v) is 2.97. The number of hydrogen-bond acceptors (Lipinski definition) is 3. The minimum atomic E-state index is -0.102. The second-order valence-corrected chi connectivity index (χ2v) is 5.89. The SMILES string of the molecule is Cc1ccc2c(c1)cc(C(=O)NCc1cnc3cnccn13)n2C. The zero-order valence-electron chi connectivity index (χ0n) is 13.5. The summed E-state index contributed by atoms with van der Waals surface area (Å²) in [6.07, 6.45) is 6.98. The van der Waals surface area contributed by atoms with Gasteiger partial charge in [-0.2, -0.15) is 0 Å². The van der Waals surface area contributed by atoms with Crippen molar-refractivity contribution in [1.29, 1.82) is 0 Å². The van der Waals surface area contributed by atoms with E-state index in [9.17, 15) is 4.79 Å².